The first-order chi connectivity index (χ1) is 17.9. The van der Waals surface area contributed by atoms with Gasteiger partial charge in [0.15, 0.2) is 5.69 Å². The Morgan fingerprint density at radius 1 is 1.19 bits per heavy atom. The summed E-state index contributed by atoms with van der Waals surface area (Å²) in [6.07, 6.45) is 5.44. The van der Waals surface area contributed by atoms with Crippen LogP contribution >= 0.6 is 0 Å². The van der Waals surface area contributed by atoms with E-state index in [-0.39, 0.29) is 24.3 Å². The van der Waals surface area contributed by atoms with Crippen LogP contribution in [0.4, 0.5) is 0 Å². The fourth-order valence-corrected chi connectivity index (χ4v) is 5.32. The molecule has 5 rings (SSSR count). The molecule has 3 aliphatic rings. The molecule has 2 atom stereocenters. The number of imide groups is 1. The number of likely N-dealkylation sites (tertiary alicyclic amines) is 1. The standard InChI is InChI=1S/C26H31N5O6/c1-2-36-26(35)23-17(12-27-29-23)13-30-10-4-3-5-18(30)15-37-19-6-7-20-16(11-19)14-31(25(20)34)21-8-9-22(32)28-24(21)33/h6-7,11-12,18,21H,2-5,8-10,13-15H2,1H3,(H,27,29)(H,28,32,33)/t18-,21?/m1/s1. The second-order valence-electron chi connectivity index (χ2n) is 9.63. The van der Waals surface area contributed by atoms with Gasteiger partial charge >= 0.3 is 5.97 Å². The van der Waals surface area contributed by atoms with Gasteiger partial charge in [0.05, 0.1) is 6.61 Å². The number of rotatable bonds is 8. The summed E-state index contributed by atoms with van der Waals surface area (Å²) in [5.41, 5.74) is 2.49. The van der Waals surface area contributed by atoms with Crippen molar-refractivity contribution in [1.29, 1.82) is 0 Å². The molecule has 0 aliphatic carbocycles. The molecular formula is C26H31N5O6. The second kappa shape index (κ2) is 10.7. The molecule has 1 unspecified atom stereocenters. The zero-order valence-electron chi connectivity index (χ0n) is 20.8. The molecule has 3 aliphatic heterocycles. The van der Waals surface area contributed by atoms with E-state index in [1.807, 2.05) is 6.07 Å². The quantitative estimate of drug-likeness (QED) is 0.406. The lowest BCUT2D eigenvalue weighted by Gasteiger charge is -2.35. The second-order valence-corrected chi connectivity index (χ2v) is 9.63. The number of aromatic nitrogens is 2. The molecule has 11 nitrogen and oxygen atoms in total. The number of piperidine rings is 2. The van der Waals surface area contributed by atoms with Gasteiger partial charge in [0, 0.05) is 42.9 Å². The number of H-pyrrole nitrogens is 1. The highest BCUT2D eigenvalue weighted by atomic mass is 16.5. The number of carbonyl (C=O) groups is 4. The first kappa shape index (κ1) is 24.9. The molecule has 0 bridgehead atoms. The van der Waals surface area contributed by atoms with Crippen LogP contribution in [0, 0.1) is 0 Å². The van der Waals surface area contributed by atoms with Gasteiger partial charge < -0.3 is 14.4 Å². The first-order valence-electron chi connectivity index (χ1n) is 12.8. The number of hydrogen-bond acceptors (Lipinski definition) is 8. The van der Waals surface area contributed by atoms with E-state index in [1.165, 1.54) is 4.90 Å². The van der Waals surface area contributed by atoms with Gasteiger partial charge in [-0.3, -0.25) is 29.7 Å². The molecule has 2 N–H and O–H groups in total. The van der Waals surface area contributed by atoms with Crippen molar-refractivity contribution >= 4 is 23.7 Å². The zero-order chi connectivity index (χ0) is 25.9. The van der Waals surface area contributed by atoms with E-state index in [4.69, 9.17) is 9.47 Å². The van der Waals surface area contributed by atoms with Crippen LogP contribution in [0.2, 0.25) is 0 Å². The van der Waals surface area contributed by atoms with E-state index in [1.54, 1.807) is 25.3 Å². The average molecular weight is 510 g/mol. The maximum atomic E-state index is 12.9. The van der Waals surface area contributed by atoms with Crippen LogP contribution < -0.4 is 10.1 Å². The van der Waals surface area contributed by atoms with E-state index in [0.717, 1.165) is 36.9 Å². The number of nitrogens with one attached hydrogen (secondary N) is 2. The van der Waals surface area contributed by atoms with Gasteiger partial charge in [-0.1, -0.05) is 6.42 Å². The van der Waals surface area contributed by atoms with Gasteiger partial charge in [-0.2, -0.15) is 5.10 Å². The fraction of sp³-hybridized carbons (Fsp3) is 0.500. The molecule has 11 heteroatoms. The predicted octanol–water partition coefficient (Wildman–Crippen LogP) is 1.78. The summed E-state index contributed by atoms with van der Waals surface area (Å²) in [6, 6.07) is 4.91. The van der Waals surface area contributed by atoms with E-state index >= 15 is 0 Å². The van der Waals surface area contributed by atoms with Crippen molar-refractivity contribution in [2.45, 2.75) is 64.2 Å². The zero-order valence-corrected chi connectivity index (χ0v) is 20.8. The number of benzene rings is 1. The van der Waals surface area contributed by atoms with Crippen molar-refractivity contribution in [1.82, 2.24) is 25.3 Å². The Balaban J connectivity index is 1.22. The number of amides is 3. The van der Waals surface area contributed by atoms with Crippen LogP contribution in [0.25, 0.3) is 0 Å². The molecule has 4 heterocycles. The lowest BCUT2D eigenvalue weighted by Crippen LogP contribution is -2.52. The Morgan fingerprint density at radius 2 is 2.05 bits per heavy atom. The van der Waals surface area contributed by atoms with Crippen molar-refractivity contribution in [3.8, 4) is 5.75 Å². The topological polar surface area (TPSA) is 134 Å². The number of ether oxygens (including phenoxy) is 2. The Bertz CT molecular complexity index is 1210. The SMILES string of the molecule is CCOC(=O)c1n[nH]cc1CN1CCCC[C@@H]1COc1ccc2c(c1)CN(C1CCC(=O)NC1=O)C2=O. The summed E-state index contributed by atoms with van der Waals surface area (Å²) in [4.78, 5) is 52.7. The third-order valence-corrected chi connectivity index (χ3v) is 7.25. The lowest BCUT2D eigenvalue weighted by molar-refractivity contribution is -0.136. The molecular weight excluding hydrogens is 478 g/mol. The highest BCUT2D eigenvalue weighted by Crippen LogP contribution is 2.30. The van der Waals surface area contributed by atoms with Crippen LogP contribution in [0.5, 0.6) is 5.75 Å². The minimum absolute atomic E-state index is 0.161. The van der Waals surface area contributed by atoms with E-state index in [0.29, 0.717) is 49.7 Å². The van der Waals surface area contributed by atoms with Crippen molar-refractivity contribution in [3.63, 3.8) is 0 Å². The third-order valence-electron chi connectivity index (χ3n) is 7.25. The van der Waals surface area contributed by atoms with E-state index < -0.39 is 17.9 Å². The Hall–Kier alpha value is -3.73. The summed E-state index contributed by atoms with van der Waals surface area (Å²) in [7, 11) is 0. The van der Waals surface area contributed by atoms with Crippen LogP contribution in [-0.2, 0) is 27.4 Å². The van der Waals surface area contributed by atoms with Gasteiger partial charge in [0.2, 0.25) is 11.8 Å². The Kier molecular flexibility index (Phi) is 7.22. The first-order valence-corrected chi connectivity index (χ1v) is 12.8. The summed E-state index contributed by atoms with van der Waals surface area (Å²) >= 11 is 0. The molecule has 196 valence electrons. The number of nitrogens with zero attached hydrogens (tertiary/aromatic N) is 3. The normalized spacial score (nSPS) is 22.1. The number of hydrogen-bond donors (Lipinski definition) is 2. The molecule has 0 spiro atoms. The molecule has 2 saturated heterocycles. The highest BCUT2D eigenvalue weighted by Gasteiger charge is 2.39. The van der Waals surface area contributed by atoms with Crippen LogP contribution in [0.3, 0.4) is 0 Å². The molecule has 1 aromatic carbocycles. The number of fused-ring (bicyclic) bond motifs is 1. The van der Waals surface area contributed by atoms with Gasteiger partial charge in [0.1, 0.15) is 18.4 Å². The fourth-order valence-electron chi connectivity index (χ4n) is 5.32. The van der Waals surface area contributed by atoms with Crippen molar-refractivity contribution < 1.29 is 28.7 Å². The van der Waals surface area contributed by atoms with Gasteiger partial charge in [-0.15, -0.1) is 0 Å². The minimum Gasteiger partial charge on any atom is -0.492 e. The molecule has 0 radical (unpaired) electrons. The lowest BCUT2D eigenvalue weighted by atomic mass is 10.0. The molecule has 0 saturated carbocycles. The summed E-state index contributed by atoms with van der Waals surface area (Å²) < 4.78 is 11.3. The highest BCUT2D eigenvalue weighted by molar-refractivity contribution is 6.05. The van der Waals surface area contributed by atoms with E-state index in [9.17, 15) is 19.2 Å². The molecule has 2 aromatic rings. The predicted molar refractivity (Wildman–Crippen MR) is 131 cm³/mol. The molecule has 2 fully saturated rings. The monoisotopic (exact) mass is 509 g/mol. The smallest absolute Gasteiger partial charge is 0.359 e. The maximum absolute atomic E-state index is 12.9. The van der Waals surface area contributed by atoms with Crippen molar-refractivity contribution in [3.05, 3.63) is 46.8 Å². The molecule has 3 amide bonds. The van der Waals surface area contributed by atoms with Crippen LogP contribution in [0.15, 0.2) is 24.4 Å². The van der Waals surface area contributed by atoms with E-state index in [2.05, 4.69) is 20.4 Å². The van der Waals surface area contributed by atoms with Crippen molar-refractivity contribution in [2.24, 2.45) is 0 Å². The number of aromatic amines is 1. The summed E-state index contributed by atoms with van der Waals surface area (Å²) in [6.45, 7) is 4.30. The number of esters is 1. The van der Waals surface area contributed by atoms with Gasteiger partial charge in [0.25, 0.3) is 5.91 Å². The van der Waals surface area contributed by atoms with Crippen LogP contribution in [-0.4, -0.2) is 75.5 Å². The van der Waals surface area contributed by atoms with Gasteiger partial charge in [-0.05, 0) is 56.5 Å². The summed E-state index contributed by atoms with van der Waals surface area (Å²) in [5.74, 6) is -0.690. The molecule has 1 aromatic heterocycles. The number of carbonyl (C=O) groups excluding carboxylic acids is 4. The van der Waals surface area contributed by atoms with Crippen molar-refractivity contribution in [2.75, 3.05) is 19.8 Å². The molecule has 37 heavy (non-hydrogen) atoms. The average Bonchev–Trinajstić information content (AvgIpc) is 3.48. The Morgan fingerprint density at radius 3 is 2.86 bits per heavy atom. The largest absolute Gasteiger partial charge is 0.492 e. The maximum Gasteiger partial charge on any atom is 0.359 e. The van der Waals surface area contributed by atoms with Crippen LogP contribution in [0.1, 0.15) is 71.0 Å². The minimum atomic E-state index is -0.639. The Labute approximate surface area is 214 Å². The third kappa shape index (κ3) is 5.22. The summed E-state index contributed by atoms with van der Waals surface area (Å²) in [5, 5.41) is 9.18. The van der Waals surface area contributed by atoms with Gasteiger partial charge in [-0.25, -0.2) is 4.79 Å².